The molecule has 0 amide bonds. The minimum Gasteiger partial charge on any atom is -0.399 e. The number of nitrogen functional groups attached to an aromatic ring is 1. The summed E-state index contributed by atoms with van der Waals surface area (Å²) in [4.78, 5) is 11.5. The molecule has 1 aromatic carbocycles. The monoisotopic (exact) mass is 303 g/mol. The predicted octanol–water partition coefficient (Wildman–Crippen LogP) is 2.19. The minimum absolute atomic E-state index is 0.150. The van der Waals surface area contributed by atoms with Crippen molar-refractivity contribution >= 4 is 34.7 Å². The van der Waals surface area contributed by atoms with Gasteiger partial charge in [0.05, 0.1) is 5.41 Å². The number of carbonyl (C=O) groups is 1. The maximum absolute atomic E-state index is 11.5. The number of hydrogen-bond donors (Lipinski definition) is 1. The van der Waals surface area contributed by atoms with E-state index in [-0.39, 0.29) is 11.4 Å². The van der Waals surface area contributed by atoms with Crippen LogP contribution in [-0.4, -0.2) is 5.97 Å². The second-order valence-electron chi connectivity index (χ2n) is 3.57. The van der Waals surface area contributed by atoms with Crippen molar-refractivity contribution in [2.45, 2.75) is 18.3 Å². The summed E-state index contributed by atoms with van der Waals surface area (Å²) in [5.41, 5.74) is 6.92. The normalized spacial score (nSPS) is 17.5. The lowest BCUT2D eigenvalue weighted by Gasteiger charge is -2.11. The Morgan fingerprint density at radius 1 is 1.36 bits per heavy atom. The number of benzene rings is 1. The largest absolute Gasteiger partial charge is 0.399 e. The molecule has 2 rings (SSSR count). The first-order chi connectivity index (χ1) is 6.69. The smallest absolute Gasteiger partial charge is 0.325 e. The third kappa shape index (κ3) is 1.47. The lowest BCUT2D eigenvalue weighted by atomic mass is 9.96. The van der Waals surface area contributed by atoms with Gasteiger partial charge in [-0.1, -0.05) is 12.1 Å². The van der Waals surface area contributed by atoms with Crippen LogP contribution in [0.5, 0.6) is 0 Å². The Bertz CT molecular complexity index is 357. The molecule has 0 heterocycles. The summed E-state index contributed by atoms with van der Waals surface area (Å²) in [6.07, 6.45) is 1.75. The van der Waals surface area contributed by atoms with Gasteiger partial charge in [0.2, 0.25) is 0 Å². The fraction of sp³-hybridized carbons (Fsp3) is 0.300. The van der Waals surface area contributed by atoms with Crippen LogP contribution >= 0.6 is 23.0 Å². The number of hydrogen-bond acceptors (Lipinski definition) is 3. The summed E-state index contributed by atoms with van der Waals surface area (Å²) in [6.45, 7) is 0. The van der Waals surface area contributed by atoms with Crippen molar-refractivity contribution in [1.29, 1.82) is 0 Å². The van der Waals surface area contributed by atoms with E-state index in [0.29, 0.717) is 5.69 Å². The molecule has 0 unspecified atom stereocenters. The van der Waals surface area contributed by atoms with Gasteiger partial charge < -0.3 is 8.80 Å². The van der Waals surface area contributed by atoms with Crippen LogP contribution in [0, 0.1) is 0 Å². The van der Waals surface area contributed by atoms with Gasteiger partial charge in [-0.3, -0.25) is 4.79 Å². The molecule has 0 saturated heterocycles. The number of carbonyl (C=O) groups excluding carboxylic acids is 1. The van der Waals surface area contributed by atoms with Gasteiger partial charge in [0.25, 0.3) is 0 Å². The van der Waals surface area contributed by atoms with E-state index in [2.05, 4.69) is 0 Å². The number of rotatable bonds is 2. The highest BCUT2D eigenvalue weighted by Gasteiger charge is 2.52. The van der Waals surface area contributed by atoms with Gasteiger partial charge in [-0.2, -0.15) is 0 Å². The zero-order valence-electron chi connectivity index (χ0n) is 7.50. The van der Waals surface area contributed by atoms with E-state index in [1.54, 1.807) is 23.0 Å². The molecule has 2 N–H and O–H groups in total. The molecule has 0 bridgehead atoms. The second-order valence-corrected chi connectivity index (χ2v) is 4.01. The van der Waals surface area contributed by atoms with Gasteiger partial charge in [-0.15, -0.1) is 0 Å². The van der Waals surface area contributed by atoms with E-state index in [1.807, 2.05) is 24.3 Å². The molecule has 74 valence electrons. The molecule has 1 aromatic rings. The Balaban J connectivity index is 2.31. The minimum atomic E-state index is -0.380. The van der Waals surface area contributed by atoms with Crippen LogP contribution in [0.25, 0.3) is 0 Å². The third-order valence-electron chi connectivity index (χ3n) is 2.67. The van der Waals surface area contributed by atoms with Crippen LogP contribution in [0.1, 0.15) is 18.4 Å². The van der Waals surface area contributed by atoms with E-state index in [4.69, 9.17) is 8.80 Å². The van der Waals surface area contributed by atoms with Crippen molar-refractivity contribution in [3.63, 3.8) is 0 Å². The molecule has 0 atom stereocenters. The highest BCUT2D eigenvalue weighted by molar-refractivity contribution is 14.1. The fourth-order valence-corrected chi connectivity index (χ4v) is 2.03. The number of halogens is 1. The summed E-state index contributed by atoms with van der Waals surface area (Å²) in [6, 6.07) is 7.43. The summed E-state index contributed by atoms with van der Waals surface area (Å²) in [7, 11) is 0. The van der Waals surface area contributed by atoms with Gasteiger partial charge in [0.1, 0.15) is 0 Å². The zero-order chi connectivity index (χ0) is 10.2. The number of nitrogens with two attached hydrogens (primary N) is 1. The molecule has 1 aliphatic carbocycles. The van der Waals surface area contributed by atoms with Crippen molar-refractivity contribution < 1.29 is 7.86 Å². The standard InChI is InChI=1S/C10H10INO2/c11-14-9(13)10(5-6-10)7-1-3-8(12)4-2-7/h1-4H,5-6,12H2. The molecule has 4 heteroatoms. The van der Waals surface area contributed by atoms with Crippen molar-refractivity contribution in [3.8, 4) is 0 Å². The van der Waals surface area contributed by atoms with E-state index in [0.717, 1.165) is 18.4 Å². The average molecular weight is 303 g/mol. The highest BCUT2D eigenvalue weighted by atomic mass is 127. The Morgan fingerprint density at radius 3 is 2.36 bits per heavy atom. The van der Waals surface area contributed by atoms with Crippen LogP contribution in [0.15, 0.2) is 24.3 Å². The maximum Gasteiger partial charge on any atom is 0.325 e. The summed E-state index contributed by atoms with van der Waals surface area (Å²) >= 11 is 1.64. The summed E-state index contributed by atoms with van der Waals surface area (Å²) in [5.74, 6) is -0.150. The van der Waals surface area contributed by atoms with Gasteiger partial charge in [0.15, 0.2) is 23.0 Å². The zero-order valence-corrected chi connectivity index (χ0v) is 9.65. The van der Waals surface area contributed by atoms with Crippen molar-refractivity contribution in [2.24, 2.45) is 0 Å². The van der Waals surface area contributed by atoms with Gasteiger partial charge in [-0.25, -0.2) is 0 Å². The Labute approximate surface area is 96.3 Å². The molecule has 0 aromatic heterocycles. The van der Waals surface area contributed by atoms with Crippen molar-refractivity contribution in [1.82, 2.24) is 0 Å². The molecule has 0 aliphatic heterocycles. The van der Waals surface area contributed by atoms with Crippen LogP contribution in [0.4, 0.5) is 5.69 Å². The molecular formula is C10H10INO2. The molecule has 0 spiro atoms. The van der Waals surface area contributed by atoms with Gasteiger partial charge >= 0.3 is 5.97 Å². The second kappa shape index (κ2) is 3.42. The van der Waals surface area contributed by atoms with E-state index in [1.165, 1.54) is 0 Å². The molecule has 1 fully saturated rings. The van der Waals surface area contributed by atoms with Gasteiger partial charge in [-0.05, 0) is 30.5 Å². The van der Waals surface area contributed by atoms with Crippen molar-refractivity contribution in [2.75, 3.05) is 5.73 Å². The number of anilines is 1. The Morgan fingerprint density at radius 2 is 1.93 bits per heavy atom. The highest BCUT2D eigenvalue weighted by Crippen LogP contribution is 2.49. The molecular weight excluding hydrogens is 293 g/mol. The fourth-order valence-electron chi connectivity index (χ4n) is 1.61. The SMILES string of the molecule is Nc1ccc(C2(C(=O)OI)CC2)cc1. The van der Waals surface area contributed by atoms with Crippen LogP contribution in [-0.2, 0) is 13.3 Å². The van der Waals surface area contributed by atoms with Crippen LogP contribution in [0.2, 0.25) is 0 Å². The quantitative estimate of drug-likeness (QED) is 0.673. The van der Waals surface area contributed by atoms with E-state index >= 15 is 0 Å². The van der Waals surface area contributed by atoms with Gasteiger partial charge in [0, 0.05) is 5.69 Å². The first kappa shape index (κ1) is 9.76. The molecule has 14 heavy (non-hydrogen) atoms. The van der Waals surface area contributed by atoms with Crippen LogP contribution in [0.3, 0.4) is 0 Å². The maximum atomic E-state index is 11.5. The van der Waals surface area contributed by atoms with E-state index < -0.39 is 0 Å². The molecule has 0 radical (unpaired) electrons. The lowest BCUT2D eigenvalue weighted by molar-refractivity contribution is -0.134. The molecule has 1 aliphatic rings. The summed E-state index contributed by atoms with van der Waals surface area (Å²) < 4.78 is 4.76. The Hall–Kier alpha value is -0.780. The third-order valence-corrected chi connectivity index (χ3v) is 3.07. The Kier molecular flexibility index (Phi) is 2.38. The summed E-state index contributed by atoms with van der Waals surface area (Å²) in [5, 5.41) is 0. The average Bonchev–Trinajstić information content (AvgIpc) is 2.99. The van der Waals surface area contributed by atoms with E-state index in [9.17, 15) is 4.79 Å². The molecule has 3 nitrogen and oxygen atoms in total. The van der Waals surface area contributed by atoms with Crippen molar-refractivity contribution in [3.05, 3.63) is 29.8 Å². The lowest BCUT2D eigenvalue weighted by Crippen LogP contribution is -2.20. The topological polar surface area (TPSA) is 52.3 Å². The first-order valence-electron chi connectivity index (χ1n) is 4.38. The first-order valence-corrected chi connectivity index (χ1v) is 5.26. The molecule has 1 saturated carbocycles. The van der Waals surface area contributed by atoms with Crippen LogP contribution < -0.4 is 5.73 Å². The predicted molar refractivity (Wildman–Crippen MR) is 61.9 cm³/mol.